The normalized spacial score (nSPS) is 14.2. The van der Waals surface area contributed by atoms with Gasteiger partial charge in [0.2, 0.25) is 0 Å². The van der Waals surface area contributed by atoms with Crippen molar-refractivity contribution in [3.8, 4) is 5.75 Å². The molecule has 1 fully saturated rings. The summed E-state index contributed by atoms with van der Waals surface area (Å²) in [4.78, 5) is 26.6. The molecule has 1 heterocycles. The fourth-order valence-electron chi connectivity index (χ4n) is 2.87. The molecule has 7 nitrogen and oxygen atoms in total. The number of piperazine rings is 1. The number of para-hydroxylation sites is 3. The third-order valence-electron chi connectivity index (χ3n) is 4.24. The summed E-state index contributed by atoms with van der Waals surface area (Å²) in [5, 5.41) is 11.7. The molecule has 0 unspecified atom stereocenters. The van der Waals surface area contributed by atoms with Crippen LogP contribution in [0.3, 0.4) is 0 Å². The zero-order valence-electron chi connectivity index (χ0n) is 14.0. The van der Waals surface area contributed by atoms with Crippen molar-refractivity contribution < 1.29 is 14.5 Å². The second-order valence-corrected chi connectivity index (χ2v) is 6.24. The van der Waals surface area contributed by atoms with Crippen molar-refractivity contribution in [1.29, 1.82) is 0 Å². The molecule has 1 aliphatic rings. The lowest BCUT2D eigenvalue weighted by Crippen LogP contribution is -2.50. The van der Waals surface area contributed by atoms with Crippen LogP contribution in [0.4, 0.5) is 11.4 Å². The summed E-state index contributed by atoms with van der Waals surface area (Å²) >= 11 is 6.22. The number of halogens is 1. The summed E-state index contributed by atoms with van der Waals surface area (Å²) in [7, 11) is 0. The first-order chi connectivity index (χ1) is 12.6. The van der Waals surface area contributed by atoms with Gasteiger partial charge >= 0.3 is 5.69 Å². The molecule has 1 amide bonds. The lowest BCUT2D eigenvalue weighted by Gasteiger charge is -2.36. The Morgan fingerprint density at radius 1 is 1.08 bits per heavy atom. The van der Waals surface area contributed by atoms with Crippen molar-refractivity contribution in [2.24, 2.45) is 0 Å². The van der Waals surface area contributed by atoms with Crippen LogP contribution in [0.15, 0.2) is 48.5 Å². The molecule has 2 aromatic carbocycles. The minimum atomic E-state index is -0.526. The molecule has 0 N–H and O–H groups in total. The van der Waals surface area contributed by atoms with Crippen LogP contribution in [-0.2, 0) is 4.79 Å². The van der Waals surface area contributed by atoms with Gasteiger partial charge in [0, 0.05) is 32.2 Å². The van der Waals surface area contributed by atoms with Crippen molar-refractivity contribution in [3.05, 3.63) is 63.7 Å². The summed E-state index contributed by atoms with van der Waals surface area (Å²) in [5.41, 5.74) is 0.807. The molecular formula is C18H18ClN3O4. The highest BCUT2D eigenvalue weighted by Crippen LogP contribution is 2.27. The van der Waals surface area contributed by atoms with Gasteiger partial charge in [0.05, 0.1) is 15.6 Å². The van der Waals surface area contributed by atoms with Gasteiger partial charge in [0.25, 0.3) is 5.91 Å². The molecule has 0 spiro atoms. The molecule has 3 rings (SSSR count). The quantitative estimate of drug-likeness (QED) is 0.593. The van der Waals surface area contributed by atoms with E-state index in [1.165, 1.54) is 12.1 Å². The lowest BCUT2D eigenvalue weighted by molar-refractivity contribution is -0.385. The summed E-state index contributed by atoms with van der Waals surface area (Å²) < 4.78 is 5.38. The molecule has 2 aromatic rings. The predicted octanol–water partition coefficient (Wildman–Crippen LogP) is 2.98. The molecule has 26 heavy (non-hydrogen) atoms. The van der Waals surface area contributed by atoms with Gasteiger partial charge in [-0.15, -0.1) is 0 Å². The van der Waals surface area contributed by atoms with E-state index < -0.39 is 4.92 Å². The maximum absolute atomic E-state index is 12.3. The largest absolute Gasteiger partial charge is 0.477 e. The number of benzene rings is 2. The van der Waals surface area contributed by atoms with E-state index in [0.29, 0.717) is 31.2 Å². The first kappa shape index (κ1) is 18.0. The van der Waals surface area contributed by atoms with Crippen molar-refractivity contribution in [3.63, 3.8) is 0 Å². The first-order valence-corrected chi connectivity index (χ1v) is 8.57. The summed E-state index contributed by atoms with van der Waals surface area (Å²) in [6, 6.07) is 13.6. The Kier molecular flexibility index (Phi) is 5.58. The van der Waals surface area contributed by atoms with E-state index in [1.807, 2.05) is 24.3 Å². The van der Waals surface area contributed by atoms with E-state index in [2.05, 4.69) is 4.90 Å². The van der Waals surface area contributed by atoms with Gasteiger partial charge in [-0.05, 0) is 18.2 Å². The van der Waals surface area contributed by atoms with Gasteiger partial charge in [-0.2, -0.15) is 0 Å². The van der Waals surface area contributed by atoms with Gasteiger partial charge in [-0.1, -0.05) is 35.9 Å². The molecule has 0 aliphatic carbocycles. The number of nitrogens with zero attached hydrogens (tertiary/aromatic N) is 3. The number of anilines is 1. The van der Waals surface area contributed by atoms with Gasteiger partial charge in [-0.25, -0.2) is 0 Å². The zero-order valence-corrected chi connectivity index (χ0v) is 14.8. The summed E-state index contributed by atoms with van der Waals surface area (Å²) in [5.74, 6) is -0.0949. The molecule has 8 heteroatoms. The van der Waals surface area contributed by atoms with Gasteiger partial charge in [0.1, 0.15) is 0 Å². The van der Waals surface area contributed by atoms with E-state index in [-0.39, 0.29) is 24.0 Å². The minimum Gasteiger partial charge on any atom is -0.477 e. The number of nitro benzene ring substituents is 1. The molecule has 0 atom stereocenters. The van der Waals surface area contributed by atoms with Crippen molar-refractivity contribution >= 4 is 28.9 Å². The van der Waals surface area contributed by atoms with E-state index in [0.717, 1.165) is 5.69 Å². The Labute approximate surface area is 155 Å². The molecule has 0 bridgehead atoms. The molecule has 0 saturated carbocycles. The fraction of sp³-hybridized carbons (Fsp3) is 0.278. The number of ether oxygens (including phenoxy) is 1. The summed E-state index contributed by atoms with van der Waals surface area (Å²) in [6.45, 7) is 2.20. The van der Waals surface area contributed by atoms with Crippen LogP contribution in [0.2, 0.25) is 5.02 Å². The van der Waals surface area contributed by atoms with Crippen LogP contribution < -0.4 is 9.64 Å². The minimum absolute atomic E-state index is 0.0977. The van der Waals surface area contributed by atoms with Crippen molar-refractivity contribution in [2.45, 2.75) is 0 Å². The average Bonchev–Trinajstić information content (AvgIpc) is 2.67. The third kappa shape index (κ3) is 4.05. The van der Waals surface area contributed by atoms with Crippen molar-refractivity contribution in [2.75, 3.05) is 37.7 Å². The van der Waals surface area contributed by atoms with Crippen molar-refractivity contribution in [1.82, 2.24) is 4.90 Å². The molecule has 0 aromatic heterocycles. The Hall–Kier alpha value is -2.80. The second-order valence-electron chi connectivity index (χ2n) is 5.83. The van der Waals surface area contributed by atoms with E-state index >= 15 is 0 Å². The fourth-order valence-corrected chi connectivity index (χ4v) is 3.12. The van der Waals surface area contributed by atoms with Crippen LogP contribution in [0.5, 0.6) is 5.75 Å². The average molecular weight is 376 g/mol. The number of carbonyl (C=O) groups excluding carboxylic acids is 1. The number of nitro groups is 1. The van der Waals surface area contributed by atoms with Gasteiger partial charge < -0.3 is 14.5 Å². The number of amides is 1. The maximum Gasteiger partial charge on any atom is 0.310 e. The van der Waals surface area contributed by atoms with E-state index in [1.54, 1.807) is 17.0 Å². The SMILES string of the molecule is O=C(COc1ccccc1[N+](=O)[O-])N1CCN(c2ccccc2Cl)CC1. The van der Waals surface area contributed by atoms with Crippen LogP contribution in [-0.4, -0.2) is 48.5 Å². The molecular weight excluding hydrogens is 358 g/mol. The van der Waals surface area contributed by atoms with Gasteiger partial charge in [-0.3, -0.25) is 14.9 Å². The Balaban J connectivity index is 1.55. The highest BCUT2D eigenvalue weighted by atomic mass is 35.5. The molecule has 136 valence electrons. The number of hydrogen-bond acceptors (Lipinski definition) is 5. The Morgan fingerprint density at radius 2 is 1.73 bits per heavy atom. The van der Waals surface area contributed by atoms with Gasteiger partial charge in [0.15, 0.2) is 12.4 Å². The van der Waals surface area contributed by atoms with E-state index in [4.69, 9.17) is 16.3 Å². The highest BCUT2D eigenvalue weighted by molar-refractivity contribution is 6.33. The zero-order chi connectivity index (χ0) is 18.5. The standard InChI is InChI=1S/C18H18ClN3O4/c19-14-5-1-2-6-15(14)20-9-11-21(12-10-20)18(23)13-26-17-8-4-3-7-16(17)22(24)25/h1-8H,9-13H2. The number of rotatable bonds is 5. The van der Waals surface area contributed by atoms with Crippen LogP contribution in [0.1, 0.15) is 0 Å². The molecule has 1 aliphatic heterocycles. The highest BCUT2D eigenvalue weighted by Gasteiger charge is 2.23. The monoisotopic (exact) mass is 375 g/mol. The molecule has 0 radical (unpaired) electrons. The Morgan fingerprint density at radius 3 is 2.42 bits per heavy atom. The van der Waals surface area contributed by atoms with Crippen LogP contribution >= 0.6 is 11.6 Å². The predicted molar refractivity (Wildman–Crippen MR) is 98.8 cm³/mol. The maximum atomic E-state index is 12.3. The second kappa shape index (κ2) is 8.05. The van der Waals surface area contributed by atoms with Crippen LogP contribution in [0.25, 0.3) is 0 Å². The third-order valence-corrected chi connectivity index (χ3v) is 4.56. The number of carbonyl (C=O) groups is 1. The molecule has 1 saturated heterocycles. The lowest BCUT2D eigenvalue weighted by atomic mass is 10.2. The first-order valence-electron chi connectivity index (χ1n) is 8.20. The van der Waals surface area contributed by atoms with Crippen LogP contribution in [0, 0.1) is 10.1 Å². The Bertz CT molecular complexity index is 807. The van der Waals surface area contributed by atoms with E-state index in [9.17, 15) is 14.9 Å². The number of hydrogen-bond donors (Lipinski definition) is 0. The topological polar surface area (TPSA) is 75.9 Å². The smallest absolute Gasteiger partial charge is 0.310 e. The summed E-state index contributed by atoms with van der Waals surface area (Å²) in [6.07, 6.45) is 0.